The highest BCUT2D eigenvalue weighted by atomic mass is 19.2. The minimum Gasteiger partial charge on any atom is -0.507 e. The fourth-order valence-electron chi connectivity index (χ4n) is 2.79. The van der Waals surface area contributed by atoms with Gasteiger partial charge in [0.1, 0.15) is 11.5 Å². The predicted molar refractivity (Wildman–Crippen MR) is 83.5 cm³/mol. The molecule has 3 rings (SSSR count). The summed E-state index contributed by atoms with van der Waals surface area (Å²) in [6, 6.07) is 4.85. The molecule has 2 aromatic carbocycles. The Morgan fingerprint density at radius 1 is 1.17 bits per heavy atom. The van der Waals surface area contributed by atoms with E-state index in [9.17, 15) is 23.8 Å². The second-order valence-electron chi connectivity index (χ2n) is 5.37. The lowest BCUT2D eigenvalue weighted by Gasteiger charge is -2.31. The first-order valence-electron chi connectivity index (χ1n) is 7.35. The van der Waals surface area contributed by atoms with Crippen LogP contribution in [-0.2, 0) is 4.74 Å². The molecule has 0 aliphatic carbocycles. The number of benzene rings is 2. The highest BCUT2D eigenvalue weighted by molar-refractivity contribution is 5.95. The summed E-state index contributed by atoms with van der Waals surface area (Å²) in [6.45, 7) is 1.73. The van der Waals surface area contributed by atoms with E-state index in [1.807, 2.05) is 0 Å². The van der Waals surface area contributed by atoms with Crippen molar-refractivity contribution in [1.82, 2.24) is 0 Å². The van der Waals surface area contributed by atoms with Gasteiger partial charge in [0.25, 0.3) is 0 Å². The minimum atomic E-state index is -1.13. The SMILES string of the molecule is O=Cc1c(O)cc(N2CCOCC2)c(-c2cccc(F)c2F)c1O. The van der Waals surface area contributed by atoms with E-state index in [0.717, 1.165) is 6.07 Å². The van der Waals surface area contributed by atoms with Crippen LogP contribution in [0.15, 0.2) is 24.3 Å². The molecule has 0 amide bonds. The molecule has 1 aliphatic heterocycles. The van der Waals surface area contributed by atoms with Gasteiger partial charge in [-0.1, -0.05) is 12.1 Å². The van der Waals surface area contributed by atoms with Crippen molar-refractivity contribution < 1.29 is 28.5 Å². The number of rotatable bonds is 3. The zero-order valence-electron chi connectivity index (χ0n) is 12.6. The van der Waals surface area contributed by atoms with Gasteiger partial charge in [0.05, 0.1) is 30.0 Å². The standard InChI is InChI=1S/C17H15F2NO4/c18-12-3-1-2-10(16(12)19)15-13(20-4-6-24-7-5-20)8-14(22)11(9-21)17(15)23/h1-3,8-9,22-23H,4-7H2. The molecule has 126 valence electrons. The van der Waals surface area contributed by atoms with Crippen LogP contribution in [0.5, 0.6) is 11.5 Å². The number of nitrogens with zero attached hydrogens (tertiary/aromatic N) is 1. The summed E-state index contributed by atoms with van der Waals surface area (Å²) < 4.78 is 33.2. The lowest BCUT2D eigenvalue weighted by atomic mass is 9.97. The van der Waals surface area contributed by atoms with Gasteiger partial charge >= 0.3 is 0 Å². The molecule has 0 spiro atoms. The van der Waals surface area contributed by atoms with E-state index < -0.39 is 23.1 Å². The Bertz CT molecular complexity index is 789. The molecular formula is C17H15F2NO4. The summed E-state index contributed by atoms with van der Waals surface area (Å²) in [6.07, 6.45) is 0.272. The number of anilines is 1. The van der Waals surface area contributed by atoms with Crippen molar-refractivity contribution in [2.45, 2.75) is 0 Å². The van der Waals surface area contributed by atoms with Gasteiger partial charge in [-0.25, -0.2) is 8.78 Å². The number of hydrogen-bond donors (Lipinski definition) is 2. The average Bonchev–Trinajstić information content (AvgIpc) is 2.59. The van der Waals surface area contributed by atoms with Crippen molar-refractivity contribution in [3.8, 4) is 22.6 Å². The number of morpholine rings is 1. The summed E-state index contributed by atoms with van der Waals surface area (Å²) in [5.41, 5.74) is -0.278. The van der Waals surface area contributed by atoms with Gasteiger partial charge in [0.15, 0.2) is 17.9 Å². The molecule has 2 N–H and O–H groups in total. The molecule has 7 heteroatoms. The van der Waals surface area contributed by atoms with Crippen molar-refractivity contribution in [3.63, 3.8) is 0 Å². The second-order valence-corrected chi connectivity index (χ2v) is 5.37. The molecule has 0 radical (unpaired) electrons. The number of hydrogen-bond acceptors (Lipinski definition) is 5. The third kappa shape index (κ3) is 2.67. The lowest BCUT2D eigenvalue weighted by molar-refractivity contribution is 0.111. The van der Waals surface area contributed by atoms with Crippen LogP contribution >= 0.6 is 0 Å². The van der Waals surface area contributed by atoms with Gasteiger partial charge in [0, 0.05) is 24.7 Å². The number of aldehydes is 1. The number of carbonyl (C=O) groups is 1. The maximum absolute atomic E-state index is 14.3. The quantitative estimate of drug-likeness (QED) is 0.844. The van der Waals surface area contributed by atoms with Gasteiger partial charge in [-0.2, -0.15) is 0 Å². The maximum Gasteiger partial charge on any atom is 0.166 e. The monoisotopic (exact) mass is 335 g/mol. The zero-order valence-corrected chi connectivity index (χ0v) is 12.6. The van der Waals surface area contributed by atoms with Gasteiger partial charge in [0.2, 0.25) is 0 Å². The largest absolute Gasteiger partial charge is 0.507 e. The van der Waals surface area contributed by atoms with Crippen LogP contribution in [0.3, 0.4) is 0 Å². The maximum atomic E-state index is 14.3. The van der Waals surface area contributed by atoms with Crippen LogP contribution in [0.2, 0.25) is 0 Å². The molecule has 0 bridgehead atoms. The number of aromatic hydroxyl groups is 2. The molecule has 0 aromatic heterocycles. The molecule has 1 aliphatic rings. The van der Waals surface area contributed by atoms with E-state index in [0.29, 0.717) is 32.0 Å². The predicted octanol–water partition coefficient (Wildman–Crippen LogP) is 2.69. The Labute approximate surface area is 136 Å². The lowest BCUT2D eigenvalue weighted by Crippen LogP contribution is -2.36. The first-order chi connectivity index (χ1) is 11.5. The van der Waals surface area contributed by atoms with Gasteiger partial charge in [-0.3, -0.25) is 4.79 Å². The van der Waals surface area contributed by atoms with Gasteiger partial charge < -0.3 is 19.8 Å². The van der Waals surface area contributed by atoms with E-state index in [2.05, 4.69) is 0 Å². The first kappa shape index (κ1) is 16.2. The summed E-state index contributed by atoms with van der Waals surface area (Å²) in [5, 5.41) is 20.4. The minimum absolute atomic E-state index is 0.0335. The molecule has 24 heavy (non-hydrogen) atoms. The molecule has 0 unspecified atom stereocenters. The molecule has 2 aromatic rings. The van der Waals surface area contributed by atoms with Crippen molar-refractivity contribution in [2.75, 3.05) is 31.2 Å². The van der Waals surface area contributed by atoms with E-state index in [4.69, 9.17) is 4.74 Å². The van der Waals surface area contributed by atoms with Crippen LogP contribution < -0.4 is 4.90 Å². The van der Waals surface area contributed by atoms with Gasteiger partial charge in [-0.15, -0.1) is 0 Å². The Morgan fingerprint density at radius 2 is 1.88 bits per heavy atom. The summed E-state index contributed by atoms with van der Waals surface area (Å²) in [5.74, 6) is -3.22. The average molecular weight is 335 g/mol. The van der Waals surface area contributed by atoms with Crippen LogP contribution in [0.25, 0.3) is 11.1 Å². The highest BCUT2D eigenvalue weighted by Crippen LogP contribution is 2.45. The normalized spacial score (nSPS) is 14.7. The smallest absolute Gasteiger partial charge is 0.166 e. The van der Waals surface area contributed by atoms with Crippen molar-refractivity contribution in [3.05, 3.63) is 41.5 Å². The van der Waals surface area contributed by atoms with Crippen molar-refractivity contribution in [1.29, 1.82) is 0 Å². The van der Waals surface area contributed by atoms with Crippen LogP contribution in [-0.4, -0.2) is 42.8 Å². The number of phenolic OH excluding ortho intramolecular Hbond substituents is 2. The first-order valence-corrected chi connectivity index (χ1v) is 7.35. The Morgan fingerprint density at radius 3 is 2.54 bits per heavy atom. The van der Waals surface area contributed by atoms with E-state index >= 15 is 0 Å². The fourth-order valence-corrected chi connectivity index (χ4v) is 2.79. The molecule has 5 nitrogen and oxygen atoms in total. The van der Waals surface area contributed by atoms with E-state index in [1.165, 1.54) is 18.2 Å². The third-order valence-electron chi connectivity index (χ3n) is 3.99. The van der Waals surface area contributed by atoms with E-state index in [-0.39, 0.29) is 23.0 Å². The fraction of sp³-hybridized carbons (Fsp3) is 0.235. The molecule has 0 saturated carbocycles. The van der Waals surface area contributed by atoms with Crippen LogP contribution in [0.4, 0.5) is 14.5 Å². The summed E-state index contributed by atoms with van der Waals surface area (Å²) >= 11 is 0. The Kier molecular flexibility index (Phi) is 4.35. The molecule has 1 heterocycles. The Balaban J connectivity index is 2.28. The Hall–Kier alpha value is -2.67. The van der Waals surface area contributed by atoms with Crippen LogP contribution in [0, 0.1) is 11.6 Å². The summed E-state index contributed by atoms with van der Waals surface area (Å²) in [7, 11) is 0. The molecule has 0 atom stereocenters. The second kappa shape index (κ2) is 6.45. The number of phenols is 2. The van der Waals surface area contributed by atoms with Gasteiger partial charge in [-0.05, 0) is 6.07 Å². The van der Waals surface area contributed by atoms with Crippen molar-refractivity contribution in [2.24, 2.45) is 0 Å². The zero-order chi connectivity index (χ0) is 17.3. The van der Waals surface area contributed by atoms with Crippen molar-refractivity contribution >= 4 is 12.0 Å². The number of ether oxygens (including phenoxy) is 1. The number of halogens is 2. The topological polar surface area (TPSA) is 70.0 Å². The number of carbonyl (C=O) groups excluding carboxylic acids is 1. The van der Waals surface area contributed by atoms with Crippen LogP contribution in [0.1, 0.15) is 10.4 Å². The molecular weight excluding hydrogens is 320 g/mol. The molecule has 1 saturated heterocycles. The molecule has 1 fully saturated rings. The highest BCUT2D eigenvalue weighted by Gasteiger charge is 2.25. The van der Waals surface area contributed by atoms with E-state index in [1.54, 1.807) is 4.90 Å². The summed E-state index contributed by atoms with van der Waals surface area (Å²) in [4.78, 5) is 12.9. The third-order valence-corrected chi connectivity index (χ3v) is 3.99.